The highest BCUT2D eigenvalue weighted by molar-refractivity contribution is 5.89. The Hall–Kier alpha value is -1.42. The molecule has 1 rings (SSSR count). The molecule has 0 fully saturated rings. The molecule has 3 nitrogen and oxygen atoms in total. The Morgan fingerprint density at radius 3 is 2.73 bits per heavy atom. The van der Waals surface area contributed by atoms with E-state index in [0.29, 0.717) is 5.56 Å². The fourth-order valence-corrected chi connectivity index (χ4v) is 1.19. The van der Waals surface area contributed by atoms with E-state index in [1.165, 1.54) is 12.1 Å². The summed E-state index contributed by atoms with van der Waals surface area (Å²) in [6.07, 6.45) is 0. The first-order chi connectivity index (χ1) is 7.06. The highest BCUT2D eigenvalue weighted by Gasteiger charge is 2.13. The van der Waals surface area contributed by atoms with Gasteiger partial charge in [-0.3, -0.25) is 0 Å². The van der Waals surface area contributed by atoms with Crippen LogP contribution in [0, 0.1) is 5.82 Å². The second kappa shape index (κ2) is 4.89. The van der Waals surface area contributed by atoms with Crippen molar-refractivity contribution in [2.45, 2.75) is 19.9 Å². The molecule has 0 saturated carbocycles. The molecule has 2 N–H and O–H groups in total. The van der Waals surface area contributed by atoms with Gasteiger partial charge < -0.3 is 10.5 Å². The molecule has 1 unspecified atom stereocenters. The Labute approximate surface area is 88.0 Å². The molecule has 1 atom stereocenters. The van der Waals surface area contributed by atoms with E-state index in [-0.39, 0.29) is 18.2 Å². The Morgan fingerprint density at radius 2 is 2.27 bits per heavy atom. The molecule has 0 heterocycles. The molecule has 4 heteroatoms. The van der Waals surface area contributed by atoms with Crippen molar-refractivity contribution >= 4 is 5.97 Å². The lowest BCUT2D eigenvalue weighted by molar-refractivity contribution is 0.0521. The topological polar surface area (TPSA) is 52.3 Å². The smallest absolute Gasteiger partial charge is 0.341 e. The van der Waals surface area contributed by atoms with Crippen molar-refractivity contribution in [3.8, 4) is 0 Å². The number of ether oxygens (including phenoxy) is 1. The van der Waals surface area contributed by atoms with Crippen LogP contribution >= 0.6 is 0 Å². The van der Waals surface area contributed by atoms with E-state index < -0.39 is 11.8 Å². The van der Waals surface area contributed by atoms with Crippen LogP contribution in [-0.2, 0) is 4.74 Å². The summed E-state index contributed by atoms with van der Waals surface area (Å²) in [7, 11) is 0. The molecular weight excluding hydrogens is 197 g/mol. The molecule has 82 valence electrons. The predicted molar refractivity (Wildman–Crippen MR) is 55.0 cm³/mol. The molecule has 0 bridgehead atoms. The zero-order valence-electron chi connectivity index (χ0n) is 8.79. The highest BCUT2D eigenvalue weighted by atomic mass is 19.1. The van der Waals surface area contributed by atoms with Crippen molar-refractivity contribution in [3.05, 3.63) is 35.1 Å². The molecule has 1 aromatic rings. The maximum Gasteiger partial charge on any atom is 0.341 e. The summed E-state index contributed by atoms with van der Waals surface area (Å²) in [5.41, 5.74) is 6.18. The quantitative estimate of drug-likeness (QED) is 0.778. The van der Waals surface area contributed by atoms with Crippen LogP contribution in [0.5, 0.6) is 0 Å². The van der Waals surface area contributed by atoms with Crippen LogP contribution in [0.1, 0.15) is 35.8 Å². The summed E-state index contributed by atoms with van der Waals surface area (Å²) in [5, 5.41) is 0. The van der Waals surface area contributed by atoms with Crippen molar-refractivity contribution in [1.29, 1.82) is 0 Å². The molecular formula is C11H14FNO2. The third-order valence-corrected chi connectivity index (χ3v) is 2.01. The lowest BCUT2D eigenvalue weighted by atomic mass is 10.1. The minimum atomic E-state index is -0.647. The van der Waals surface area contributed by atoms with E-state index >= 15 is 0 Å². The molecule has 0 aliphatic heterocycles. The van der Waals surface area contributed by atoms with Crippen LogP contribution in [0.15, 0.2) is 18.2 Å². The number of hydrogen-bond donors (Lipinski definition) is 1. The minimum Gasteiger partial charge on any atom is -0.462 e. The predicted octanol–water partition coefficient (Wildman–Crippen LogP) is 2.02. The summed E-state index contributed by atoms with van der Waals surface area (Å²) < 4.78 is 18.1. The lowest BCUT2D eigenvalue weighted by Crippen LogP contribution is -2.10. The van der Waals surface area contributed by atoms with Gasteiger partial charge in [-0.25, -0.2) is 9.18 Å². The van der Waals surface area contributed by atoms with Crippen LogP contribution in [0.25, 0.3) is 0 Å². The molecule has 0 saturated heterocycles. The highest BCUT2D eigenvalue weighted by Crippen LogP contribution is 2.15. The van der Waals surface area contributed by atoms with Gasteiger partial charge in [-0.2, -0.15) is 0 Å². The number of esters is 1. The number of rotatable bonds is 3. The number of benzene rings is 1. The first-order valence-electron chi connectivity index (χ1n) is 4.78. The van der Waals surface area contributed by atoms with Gasteiger partial charge in [0, 0.05) is 6.04 Å². The van der Waals surface area contributed by atoms with E-state index in [2.05, 4.69) is 0 Å². The first kappa shape index (κ1) is 11.7. The van der Waals surface area contributed by atoms with Crippen molar-refractivity contribution < 1.29 is 13.9 Å². The van der Waals surface area contributed by atoms with Crippen molar-refractivity contribution in [2.24, 2.45) is 5.73 Å². The summed E-state index contributed by atoms with van der Waals surface area (Å²) in [4.78, 5) is 11.3. The molecule has 15 heavy (non-hydrogen) atoms. The Bertz CT molecular complexity index is 364. The summed E-state index contributed by atoms with van der Waals surface area (Å²) in [6, 6.07) is 4.03. The van der Waals surface area contributed by atoms with Gasteiger partial charge in [0.25, 0.3) is 0 Å². The SMILES string of the molecule is CCOC(=O)c1ccc(C(C)N)cc1F. The van der Waals surface area contributed by atoms with Gasteiger partial charge in [-0.15, -0.1) is 0 Å². The van der Waals surface area contributed by atoms with Crippen molar-refractivity contribution in [1.82, 2.24) is 0 Å². The zero-order chi connectivity index (χ0) is 11.4. The second-order valence-corrected chi connectivity index (χ2v) is 3.25. The summed E-state index contributed by atoms with van der Waals surface area (Å²) in [6.45, 7) is 3.65. The monoisotopic (exact) mass is 211 g/mol. The maximum atomic E-state index is 13.4. The summed E-state index contributed by atoms with van der Waals surface area (Å²) >= 11 is 0. The third kappa shape index (κ3) is 2.76. The van der Waals surface area contributed by atoms with Gasteiger partial charge in [0.05, 0.1) is 12.2 Å². The van der Waals surface area contributed by atoms with Gasteiger partial charge in [-0.05, 0) is 31.5 Å². The average Bonchev–Trinajstić information content (AvgIpc) is 2.17. The van der Waals surface area contributed by atoms with E-state index in [4.69, 9.17) is 10.5 Å². The van der Waals surface area contributed by atoms with Gasteiger partial charge in [0.15, 0.2) is 0 Å². The maximum absolute atomic E-state index is 13.4. The van der Waals surface area contributed by atoms with Gasteiger partial charge in [-0.1, -0.05) is 6.07 Å². The molecule has 0 amide bonds. The molecule has 0 radical (unpaired) electrons. The normalized spacial score (nSPS) is 12.3. The molecule has 0 aliphatic carbocycles. The van der Waals surface area contributed by atoms with Crippen LogP contribution < -0.4 is 5.73 Å². The fourth-order valence-electron chi connectivity index (χ4n) is 1.19. The van der Waals surface area contributed by atoms with E-state index in [1.54, 1.807) is 19.9 Å². The first-order valence-corrected chi connectivity index (χ1v) is 4.78. The Kier molecular flexibility index (Phi) is 3.80. The minimum absolute atomic E-state index is 0.0544. The molecule has 1 aromatic carbocycles. The Balaban J connectivity index is 2.98. The number of halogens is 1. The van der Waals surface area contributed by atoms with Crippen molar-refractivity contribution in [3.63, 3.8) is 0 Å². The van der Waals surface area contributed by atoms with Gasteiger partial charge in [0.2, 0.25) is 0 Å². The Morgan fingerprint density at radius 1 is 1.60 bits per heavy atom. The number of hydrogen-bond acceptors (Lipinski definition) is 3. The van der Waals surface area contributed by atoms with Gasteiger partial charge >= 0.3 is 5.97 Å². The molecule has 0 aromatic heterocycles. The lowest BCUT2D eigenvalue weighted by Gasteiger charge is -2.08. The van der Waals surface area contributed by atoms with Crippen LogP contribution in [0.2, 0.25) is 0 Å². The van der Waals surface area contributed by atoms with Gasteiger partial charge in [0.1, 0.15) is 5.82 Å². The van der Waals surface area contributed by atoms with E-state index in [9.17, 15) is 9.18 Å². The summed E-state index contributed by atoms with van der Waals surface area (Å²) in [5.74, 6) is -1.24. The third-order valence-electron chi connectivity index (χ3n) is 2.01. The van der Waals surface area contributed by atoms with E-state index in [0.717, 1.165) is 0 Å². The number of nitrogens with two attached hydrogens (primary N) is 1. The largest absolute Gasteiger partial charge is 0.462 e. The van der Waals surface area contributed by atoms with Crippen LogP contribution in [0.4, 0.5) is 4.39 Å². The molecule has 0 spiro atoms. The average molecular weight is 211 g/mol. The van der Waals surface area contributed by atoms with Crippen LogP contribution in [0.3, 0.4) is 0 Å². The van der Waals surface area contributed by atoms with Crippen LogP contribution in [-0.4, -0.2) is 12.6 Å². The standard InChI is InChI=1S/C11H14FNO2/c1-3-15-11(14)9-5-4-8(7(2)13)6-10(9)12/h4-7H,3,13H2,1-2H3. The molecule has 0 aliphatic rings. The van der Waals surface area contributed by atoms with Crippen molar-refractivity contribution in [2.75, 3.05) is 6.61 Å². The number of carbonyl (C=O) groups is 1. The van der Waals surface area contributed by atoms with E-state index in [1.807, 2.05) is 0 Å². The number of carbonyl (C=O) groups excluding carboxylic acids is 1. The zero-order valence-corrected chi connectivity index (χ0v) is 8.79. The fraction of sp³-hybridized carbons (Fsp3) is 0.364. The second-order valence-electron chi connectivity index (χ2n) is 3.25.